The summed E-state index contributed by atoms with van der Waals surface area (Å²) in [6, 6.07) is 5.10. The quantitative estimate of drug-likeness (QED) is 0.371. The van der Waals surface area contributed by atoms with Crippen molar-refractivity contribution in [2.75, 3.05) is 0 Å². The van der Waals surface area contributed by atoms with Gasteiger partial charge in [-0.05, 0) is 55.5 Å². The standard InChI is InChI=1S/C24H31N3O5S/c1-5-7-18-20(6-2)33-24(27-18)32-16-10-8-15(9-11-16)13-17(25)21(28)22(29)26-19(23(30)31)12-14(3)4/h5-11,14,17,19,21,28H,2,12-13,25H2,1,3-4H3,(H,26,29)(H,30,31)/b7-5-/t17-,19+,21+/m1/s1. The fourth-order valence-electron chi connectivity index (χ4n) is 3.11. The molecule has 2 aromatic rings. The lowest BCUT2D eigenvalue weighted by atomic mass is 10.00. The van der Waals surface area contributed by atoms with Crippen molar-refractivity contribution >= 4 is 35.4 Å². The molecule has 0 aliphatic rings. The van der Waals surface area contributed by atoms with Gasteiger partial charge in [-0.3, -0.25) is 4.79 Å². The van der Waals surface area contributed by atoms with Crippen LogP contribution in [0.2, 0.25) is 0 Å². The molecule has 33 heavy (non-hydrogen) atoms. The van der Waals surface area contributed by atoms with E-state index >= 15 is 0 Å². The van der Waals surface area contributed by atoms with E-state index in [0.29, 0.717) is 10.9 Å². The minimum Gasteiger partial charge on any atom is -0.480 e. The van der Waals surface area contributed by atoms with Gasteiger partial charge in [0.2, 0.25) is 0 Å². The first-order valence-corrected chi connectivity index (χ1v) is 11.5. The second kappa shape index (κ2) is 12.3. The molecule has 0 bridgehead atoms. The fourth-order valence-corrected chi connectivity index (χ4v) is 3.88. The third kappa shape index (κ3) is 7.81. The number of carboxylic acids is 1. The van der Waals surface area contributed by atoms with Gasteiger partial charge in [0.25, 0.3) is 11.1 Å². The molecule has 1 aromatic carbocycles. The van der Waals surface area contributed by atoms with Gasteiger partial charge in [-0.1, -0.05) is 50.0 Å². The molecular weight excluding hydrogens is 442 g/mol. The fraction of sp³-hybridized carbons (Fsp3) is 0.375. The summed E-state index contributed by atoms with van der Waals surface area (Å²) in [7, 11) is 0. The number of aromatic nitrogens is 1. The number of carbonyl (C=O) groups is 2. The van der Waals surface area contributed by atoms with E-state index in [1.165, 1.54) is 11.3 Å². The van der Waals surface area contributed by atoms with Gasteiger partial charge in [-0.15, -0.1) is 0 Å². The summed E-state index contributed by atoms with van der Waals surface area (Å²) in [5, 5.41) is 22.4. The molecule has 0 unspecified atom stereocenters. The monoisotopic (exact) mass is 473 g/mol. The van der Waals surface area contributed by atoms with E-state index in [1.54, 1.807) is 30.3 Å². The molecule has 9 heteroatoms. The minimum atomic E-state index is -1.53. The van der Waals surface area contributed by atoms with Crippen LogP contribution in [0.1, 0.15) is 43.3 Å². The lowest BCUT2D eigenvalue weighted by Crippen LogP contribution is -2.52. The Hall–Kier alpha value is -3.01. The molecule has 0 aliphatic heterocycles. The molecule has 2 rings (SSSR count). The molecule has 3 atom stereocenters. The summed E-state index contributed by atoms with van der Waals surface area (Å²) < 4.78 is 5.82. The lowest BCUT2D eigenvalue weighted by molar-refractivity contribution is -0.144. The Kier molecular flexibility index (Phi) is 9.77. The van der Waals surface area contributed by atoms with E-state index < -0.39 is 30.1 Å². The summed E-state index contributed by atoms with van der Waals surface area (Å²) in [6.45, 7) is 9.40. The Morgan fingerprint density at radius 2 is 1.97 bits per heavy atom. The summed E-state index contributed by atoms with van der Waals surface area (Å²) in [4.78, 5) is 29.0. The highest BCUT2D eigenvalue weighted by atomic mass is 32.1. The van der Waals surface area contributed by atoms with Crippen molar-refractivity contribution in [1.29, 1.82) is 0 Å². The number of allylic oxidation sites excluding steroid dienone is 1. The van der Waals surface area contributed by atoms with Crippen LogP contribution in [0.15, 0.2) is 36.9 Å². The van der Waals surface area contributed by atoms with Crippen molar-refractivity contribution in [2.45, 2.75) is 51.8 Å². The Morgan fingerprint density at radius 1 is 1.30 bits per heavy atom. The molecule has 0 radical (unpaired) electrons. The maximum Gasteiger partial charge on any atom is 0.326 e. The molecule has 178 valence electrons. The number of aliphatic hydroxyl groups excluding tert-OH is 1. The number of nitrogens with one attached hydrogen (secondary N) is 1. The highest BCUT2D eigenvalue weighted by molar-refractivity contribution is 7.14. The molecule has 0 saturated carbocycles. The maximum atomic E-state index is 12.3. The first-order valence-electron chi connectivity index (χ1n) is 10.6. The number of thiazole rings is 1. The second-order valence-electron chi connectivity index (χ2n) is 8.02. The number of nitrogens with zero attached hydrogens (tertiary/aromatic N) is 1. The largest absolute Gasteiger partial charge is 0.480 e. The molecule has 5 N–H and O–H groups in total. The van der Waals surface area contributed by atoms with E-state index in [2.05, 4.69) is 16.9 Å². The van der Waals surface area contributed by atoms with Crippen LogP contribution in [-0.4, -0.2) is 45.3 Å². The molecule has 0 aliphatic carbocycles. The van der Waals surface area contributed by atoms with E-state index in [0.717, 1.165) is 16.1 Å². The van der Waals surface area contributed by atoms with Gasteiger partial charge < -0.3 is 26.0 Å². The molecule has 1 aromatic heterocycles. The van der Waals surface area contributed by atoms with Crippen molar-refractivity contribution in [3.05, 3.63) is 53.1 Å². The Bertz CT molecular complexity index is 984. The minimum absolute atomic E-state index is 0.0698. The van der Waals surface area contributed by atoms with E-state index in [4.69, 9.17) is 10.5 Å². The van der Waals surface area contributed by atoms with Gasteiger partial charge in [-0.2, -0.15) is 0 Å². The zero-order chi connectivity index (χ0) is 24.5. The van der Waals surface area contributed by atoms with Gasteiger partial charge in [0, 0.05) is 6.04 Å². The average molecular weight is 474 g/mol. The van der Waals surface area contributed by atoms with Gasteiger partial charge in [0.05, 0.1) is 10.6 Å². The van der Waals surface area contributed by atoms with Gasteiger partial charge in [0.15, 0.2) is 0 Å². The van der Waals surface area contributed by atoms with E-state index in [-0.39, 0.29) is 18.8 Å². The van der Waals surface area contributed by atoms with E-state index in [9.17, 15) is 19.8 Å². The predicted octanol–water partition coefficient (Wildman–Crippen LogP) is 3.46. The average Bonchev–Trinajstić information content (AvgIpc) is 3.15. The Balaban J connectivity index is 1.97. The number of ether oxygens (including phenoxy) is 1. The van der Waals surface area contributed by atoms with Crippen molar-refractivity contribution in [3.63, 3.8) is 0 Å². The zero-order valence-corrected chi connectivity index (χ0v) is 19.8. The van der Waals surface area contributed by atoms with Crippen LogP contribution >= 0.6 is 11.3 Å². The first kappa shape index (κ1) is 26.2. The summed E-state index contributed by atoms with van der Waals surface area (Å²) in [5.41, 5.74) is 7.60. The SMILES string of the molecule is C=Cc1sc(Oc2ccc(C[C@@H](N)[C@H](O)C(=O)N[C@@H](CC(C)C)C(=O)O)cc2)nc1/C=C\C. The van der Waals surface area contributed by atoms with Crippen LogP contribution < -0.4 is 15.8 Å². The molecule has 0 fully saturated rings. The normalized spacial score (nSPS) is 14.1. The molecule has 0 saturated heterocycles. The van der Waals surface area contributed by atoms with Gasteiger partial charge in [0.1, 0.15) is 17.9 Å². The third-order valence-electron chi connectivity index (χ3n) is 4.77. The number of aliphatic hydroxyl groups is 1. The molecule has 8 nitrogen and oxygen atoms in total. The lowest BCUT2D eigenvalue weighted by Gasteiger charge is -2.22. The number of hydrogen-bond donors (Lipinski definition) is 4. The van der Waals surface area contributed by atoms with Crippen LogP contribution in [0.4, 0.5) is 0 Å². The Morgan fingerprint density at radius 3 is 2.52 bits per heavy atom. The summed E-state index contributed by atoms with van der Waals surface area (Å²) >= 11 is 1.38. The number of aliphatic carboxylic acids is 1. The van der Waals surface area contributed by atoms with Crippen molar-refractivity contribution in [1.82, 2.24) is 10.3 Å². The topological polar surface area (TPSA) is 135 Å². The van der Waals surface area contributed by atoms with Crippen LogP contribution in [0, 0.1) is 5.92 Å². The van der Waals surface area contributed by atoms with Crippen LogP contribution in [0.5, 0.6) is 10.9 Å². The van der Waals surface area contributed by atoms with Crippen LogP contribution in [0.25, 0.3) is 12.2 Å². The van der Waals surface area contributed by atoms with Crippen LogP contribution in [-0.2, 0) is 16.0 Å². The number of rotatable bonds is 12. The summed E-state index contributed by atoms with van der Waals surface area (Å²) in [5.74, 6) is -1.29. The van der Waals surface area contributed by atoms with Crippen molar-refractivity contribution in [2.24, 2.45) is 11.7 Å². The molecular formula is C24H31N3O5S. The van der Waals surface area contributed by atoms with E-state index in [1.807, 2.05) is 32.9 Å². The third-order valence-corrected chi connectivity index (χ3v) is 5.71. The highest BCUT2D eigenvalue weighted by Gasteiger charge is 2.28. The maximum absolute atomic E-state index is 12.3. The smallest absolute Gasteiger partial charge is 0.326 e. The molecule has 1 amide bonds. The van der Waals surface area contributed by atoms with Gasteiger partial charge >= 0.3 is 5.97 Å². The highest BCUT2D eigenvalue weighted by Crippen LogP contribution is 2.31. The van der Waals surface area contributed by atoms with Crippen molar-refractivity contribution < 1.29 is 24.5 Å². The van der Waals surface area contributed by atoms with Gasteiger partial charge in [-0.25, -0.2) is 9.78 Å². The number of carboxylic acid groups (broad SMARTS) is 1. The summed E-state index contributed by atoms with van der Waals surface area (Å²) in [6.07, 6.45) is 4.45. The predicted molar refractivity (Wildman–Crippen MR) is 130 cm³/mol. The molecule has 1 heterocycles. The molecule has 0 spiro atoms. The number of nitrogens with two attached hydrogens (primary N) is 1. The number of amides is 1. The zero-order valence-electron chi connectivity index (χ0n) is 19.0. The van der Waals surface area contributed by atoms with Crippen molar-refractivity contribution in [3.8, 4) is 10.9 Å². The second-order valence-corrected chi connectivity index (χ2v) is 9.01. The van der Waals surface area contributed by atoms with Crippen LogP contribution in [0.3, 0.4) is 0 Å². The Labute approximate surface area is 197 Å². The number of hydrogen-bond acceptors (Lipinski definition) is 7. The number of carbonyl (C=O) groups excluding carboxylic acids is 1. The first-order chi connectivity index (χ1) is 15.6. The number of benzene rings is 1.